The van der Waals surface area contributed by atoms with Crippen LogP contribution in [0.4, 0.5) is 5.69 Å². The number of nitrogens with one attached hydrogen (secondary N) is 1. The lowest BCUT2D eigenvalue weighted by atomic mass is 10.1. The molecule has 0 unspecified atom stereocenters. The van der Waals surface area contributed by atoms with Crippen molar-refractivity contribution in [1.29, 1.82) is 0 Å². The predicted octanol–water partition coefficient (Wildman–Crippen LogP) is 4.66. The second kappa shape index (κ2) is 5.55. The maximum absolute atomic E-state index is 12.1. The Kier molecular flexibility index (Phi) is 4.04. The number of hydrogen-bond donors (Lipinski definition) is 1. The Labute approximate surface area is 119 Å². The molecule has 1 N–H and O–H groups in total. The molecule has 2 nitrogen and oxygen atoms in total. The smallest absolute Gasteiger partial charge is 0.255 e. The lowest BCUT2D eigenvalue weighted by molar-refractivity contribution is 0.102. The molecule has 0 atom stereocenters. The molecule has 0 bridgehead atoms. The molecule has 4 heteroatoms. The number of rotatable bonds is 2. The zero-order chi connectivity index (χ0) is 13.1. The van der Waals surface area contributed by atoms with Crippen LogP contribution in [0.3, 0.4) is 0 Å². The summed E-state index contributed by atoms with van der Waals surface area (Å²) in [6, 6.07) is 12.7. The molecule has 0 heterocycles. The van der Waals surface area contributed by atoms with E-state index < -0.39 is 0 Å². The minimum atomic E-state index is -0.143. The second-order valence-electron chi connectivity index (χ2n) is 3.89. The van der Waals surface area contributed by atoms with Crippen LogP contribution < -0.4 is 5.32 Å². The van der Waals surface area contributed by atoms with Gasteiger partial charge in [-0.2, -0.15) is 0 Å². The Hall–Kier alpha value is -1.32. The van der Waals surface area contributed by atoms with E-state index in [-0.39, 0.29) is 5.91 Å². The molecule has 0 spiro atoms. The third-order valence-corrected chi connectivity index (χ3v) is 3.48. The van der Waals surface area contributed by atoms with E-state index in [0.717, 1.165) is 15.7 Å². The Balaban J connectivity index is 2.25. The summed E-state index contributed by atoms with van der Waals surface area (Å²) in [5, 5.41) is 3.49. The van der Waals surface area contributed by atoms with Gasteiger partial charge in [0, 0.05) is 15.1 Å². The number of halogens is 2. The summed E-state index contributed by atoms with van der Waals surface area (Å²) in [7, 11) is 0. The number of para-hydroxylation sites is 1. The van der Waals surface area contributed by atoms with Gasteiger partial charge in [-0.25, -0.2) is 0 Å². The zero-order valence-electron chi connectivity index (χ0n) is 9.71. The van der Waals surface area contributed by atoms with E-state index in [2.05, 4.69) is 21.2 Å². The molecule has 92 valence electrons. The highest BCUT2D eigenvalue weighted by Gasteiger charge is 2.10. The highest BCUT2D eigenvalue weighted by Crippen LogP contribution is 2.23. The number of carbonyl (C=O) groups excluding carboxylic acids is 1. The van der Waals surface area contributed by atoms with E-state index in [9.17, 15) is 4.79 Å². The van der Waals surface area contributed by atoms with Gasteiger partial charge >= 0.3 is 0 Å². The first-order chi connectivity index (χ1) is 8.58. The molecule has 0 aliphatic carbocycles. The van der Waals surface area contributed by atoms with Gasteiger partial charge in [-0.15, -0.1) is 0 Å². The third kappa shape index (κ3) is 2.92. The summed E-state index contributed by atoms with van der Waals surface area (Å²) in [4.78, 5) is 12.1. The lowest BCUT2D eigenvalue weighted by Gasteiger charge is -2.09. The number of hydrogen-bond acceptors (Lipinski definition) is 1. The molecule has 0 fully saturated rings. The van der Waals surface area contributed by atoms with Crippen molar-refractivity contribution < 1.29 is 4.79 Å². The van der Waals surface area contributed by atoms with E-state index in [1.165, 1.54) is 0 Å². The van der Waals surface area contributed by atoms with Gasteiger partial charge in [-0.3, -0.25) is 4.79 Å². The maximum atomic E-state index is 12.1. The van der Waals surface area contributed by atoms with Crippen molar-refractivity contribution in [3.8, 4) is 0 Å². The third-order valence-electron chi connectivity index (χ3n) is 2.56. The molecule has 2 rings (SSSR count). The van der Waals surface area contributed by atoms with Gasteiger partial charge in [0.05, 0.1) is 5.69 Å². The Bertz CT molecular complexity index is 598. The van der Waals surface area contributed by atoms with Crippen molar-refractivity contribution >= 4 is 39.1 Å². The van der Waals surface area contributed by atoms with Crippen LogP contribution in [0.15, 0.2) is 46.9 Å². The highest BCUT2D eigenvalue weighted by atomic mass is 79.9. The molecule has 2 aromatic rings. The first kappa shape index (κ1) is 13.1. The van der Waals surface area contributed by atoms with Gasteiger partial charge in [0.1, 0.15) is 0 Å². The number of amides is 1. The number of benzene rings is 2. The summed E-state index contributed by atoms with van der Waals surface area (Å²) < 4.78 is 0.852. The van der Waals surface area contributed by atoms with E-state index in [0.29, 0.717) is 10.6 Å². The van der Waals surface area contributed by atoms with Crippen molar-refractivity contribution in [3.63, 3.8) is 0 Å². The topological polar surface area (TPSA) is 29.1 Å². The molecule has 2 aromatic carbocycles. The molecule has 0 saturated carbocycles. The van der Waals surface area contributed by atoms with Crippen molar-refractivity contribution in [2.75, 3.05) is 5.32 Å². The number of aryl methyl sites for hydroxylation is 1. The van der Waals surface area contributed by atoms with Gasteiger partial charge < -0.3 is 5.32 Å². The van der Waals surface area contributed by atoms with Crippen LogP contribution in [-0.4, -0.2) is 5.91 Å². The van der Waals surface area contributed by atoms with Crippen molar-refractivity contribution in [1.82, 2.24) is 0 Å². The van der Waals surface area contributed by atoms with Crippen LogP contribution in [0.25, 0.3) is 0 Å². The summed E-state index contributed by atoms with van der Waals surface area (Å²) in [5.41, 5.74) is 2.22. The van der Waals surface area contributed by atoms with E-state index in [1.54, 1.807) is 18.2 Å². The molecule has 1 amide bonds. The fourth-order valence-corrected chi connectivity index (χ4v) is 2.24. The minimum Gasteiger partial charge on any atom is -0.321 e. The van der Waals surface area contributed by atoms with Gasteiger partial charge in [0.25, 0.3) is 5.91 Å². The standard InChI is InChI=1S/C14H11BrClNO/c1-9-8-10(16)6-7-11(9)14(18)17-13-5-3-2-4-12(13)15/h2-8H,1H3,(H,17,18). The Morgan fingerprint density at radius 1 is 1.22 bits per heavy atom. The van der Waals surface area contributed by atoms with Crippen molar-refractivity contribution in [3.05, 3.63) is 63.1 Å². The van der Waals surface area contributed by atoms with Crippen LogP contribution in [0, 0.1) is 6.92 Å². The molecule has 0 saturated heterocycles. The van der Waals surface area contributed by atoms with Crippen LogP contribution in [0.1, 0.15) is 15.9 Å². The normalized spacial score (nSPS) is 10.2. The van der Waals surface area contributed by atoms with Gasteiger partial charge in [0.15, 0.2) is 0 Å². The number of carbonyl (C=O) groups is 1. The Morgan fingerprint density at radius 3 is 2.61 bits per heavy atom. The van der Waals surface area contributed by atoms with Gasteiger partial charge in [-0.05, 0) is 58.7 Å². The Morgan fingerprint density at radius 2 is 1.94 bits per heavy atom. The van der Waals surface area contributed by atoms with Gasteiger partial charge in [-0.1, -0.05) is 23.7 Å². The molecule has 0 aliphatic heterocycles. The summed E-state index contributed by atoms with van der Waals surface area (Å²) in [6.07, 6.45) is 0. The van der Waals surface area contributed by atoms with Crippen molar-refractivity contribution in [2.45, 2.75) is 6.92 Å². The predicted molar refractivity (Wildman–Crippen MR) is 78.3 cm³/mol. The van der Waals surface area contributed by atoms with E-state index >= 15 is 0 Å². The summed E-state index contributed by atoms with van der Waals surface area (Å²) in [5.74, 6) is -0.143. The second-order valence-corrected chi connectivity index (χ2v) is 5.18. The van der Waals surface area contributed by atoms with Gasteiger partial charge in [0.2, 0.25) is 0 Å². The van der Waals surface area contributed by atoms with Crippen LogP contribution in [-0.2, 0) is 0 Å². The molecular formula is C14H11BrClNO. The molecule has 18 heavy (non-hydrogen) atoms. The average molecular weight is 325 g/mol. The monoisotopic (exact) mass is 323 g/mol. The van der Waals surface area contributed by atoms with Crippen LogP contribution in [0.5, 0.6) is 0 Å². The summed E-state index contributed by atoms with van der Waals surface area (Å²) >= 11 is 9.26. The quantitative estimate of drug-likeness (QED) is 0.855. The highest BCUT2D eigenvalue weighted by molar-refractivity contribution is 9.10. The number of anilines is 1. The SMILES string of the molecule is Cc1cc(Cl)ccc1C(=O)Nc1ccccc1Br. The fourth-order valence-electron chi connectivity index (χ4n) is 1.63. The van der Waals surface area contributed by atoms with Crippen LogP contribution >= 0.6 is 27.5 Å². The van der Waals surface area contributed by atoms with E-state index in [4.69, 9.17) is 11.6 Å². The first-order valence-corrected chi connectivity index (χ1v) is 6.57. The average Bonchev–Trinajstić information content (AvgIpc) is 2.32. The van der Waals surface area contributed by atoms with Crippen molar-refractivity contribution in [2.24, 2.45) is 0 Å². The minimum absolute atomic E-state index is 0.143. The fraction of sp³-hybridized carbons (Fsp3) is 0.0714. The van der Waals surface area contributed by atoms with Crippen LogP contribution in [0.2, 0.25) is 5.02 Å². The molecular weight excluding hydrogens is 314 g/mol. The molecule has 0 aromatic heterocycles. The zero-order valence-corrected chi connectivity index (χ0v) is 12.0. The molecule has 0 aliphatic rings. The summed E-state index contributed by atoms with van der Waals surface area (Å²) in [6.45, 7) is 1.86. The first-order valence-electron chi connectivity index (χ1n) is 5.40. The lowest BCUT2D eigenvalue weighted by Crippen LogP contribution is -2.13. The maximum Gasteiger partial charge on any atom is 0.255 e. The molecule has 0 radical (unpaired) electrons. The largest absolute Gasteiger partial charge is 0.321 e. The van der Waals surface area contributed by atoms with E-state index in [1.807, 2.05) is 31.2 Å².